The molecule has 2 nitrogen and oxygen atoms in total. The minimum Gasteiger partial charge on any atom is -0.508 e. The van der Waals surface area contributed by atoms with Crippen LogP contribution in [0.15, 0.2) is 48.5 Å². The fourth-order valence-electron chi connectivity index (χ4n) is 4.66. The first kappa shape index (κ1) is 26.3. The summed E-state index contributed by atoms with van der Waals surface area (Å²) in [5, 5.41) is 18.9. The fourth-order valence-corrected chi connectivity index (χ4v) is 4.66. The van der Waals surface area contributed by atoms with Gasteiger partial charge in [0.1, 0.15) is 11.5 Å². The Morgan fingerprint density at radius 3 is 1.50 bits per heavy atom. The number of rotatable bonds is 18. The van der Waals surface area contributed by atoms with Gasteiger partial charge in [-0.1, -0.05) is 108 Å². The first-order chi connectivity index (χ1) is 15.7. The normalized spacial score (nSPS) is 12.2. The maximum Gasteiger partial charge on any atom is 0.115 e. The molecule has 0 amide bonds. The summed E-state index contributed by atoms with van der Waals surface area (Å²) in [6.45, 7) is 2.27. The van der Waals surface area contributed by atoms with Crippen molar-refractivity contribution in [2.45, 2.75) is 116 Å². The summed E-state index contributed by atoms with van der Waals surface area (Å²) in [5.41, 5.74) is 2.74. The Balaban J connectivity index is 1.50. The van der Waals surface area contributed by atoms with Crippen molar-refractivity contribution in [2.75, 3.05) is 0 Å². The minimum absolute atomic E-state index is 0.358. The van der Waals surface area contributed by atoms with Crippen LogP contribution in [-0.2, 0) is 6.42 Å². The van der Waals surface area contributed by atoms with E-state index in [-0.39, 0.29) is 0 Å². The largest absolute Gasteiger partial charge is 0.508 e. The number of aromatic hydroxyl groups is 2. The Hall–Kier alpha value is -1.96. The molecule has 2 N–H and O–H groups in total. The van der Waals surface area contributed by atoms with E-state index in [1.54, 1.807) is 12.1 Å². The Bertz CT molecular complexity index is 690. The van der Waals surface area contributed by atoms with Crippen molar-refractivity contribution in [1.82, 2.24) is 0 Å². The van der Waals surface area contributed by atoms with Crippen LogP contribution in [0.3, 0.4) is 0 Å². The van der Waals surface area contributed by atoms with Crippen molar-refractivity contribution in [3.63, 3.8) is 0 Å². The van der Waals surface area contributed by atoms with Crippen LogP contribution in [0.4, 0.5) is 0 Å². The van der Waals surface area contributed by atoms with Gasteiger partial charge in [0.25, 0.3) is 0 Å². The predicted octanol–water partition coefficient (Wildman–Crippen LogP) is 9.30. The van der Waals surface area contributed by atoms with Crippen molar-refractivity contribution in [3.05, 3.63) is 59.7 Å². The maximum atomic E-state index is 9.60. The van der Waals surface area contributed by atoms with Gasteiger partial charge >= 0.3 is 0 Å². The summed E-state index contributed by atoms with van der Waals surface area (Å²) in [4.78, 5) is 0. The molecule has 0 aliphatic carbocycles. The van der Waals surface area contributed by atoms with Gasteiger partial charge in [-0.15, -0.1) is 0 Å². The van der Waals surface area contributed by atoms with Gasteiger partial charge in [0.15, 0.2) is 0 Å². The van der Waals surface area contributed by atoms with Crippen LogP contribution < -0.4 is 0 Å². The molecule has 2 rings (SSSR count). The monoisotopic (exact) mass is 438 g/mol. The van der Waals surface area contributed by atoms with Gasteiger partial charge in [-0.05, 0) is 67.0 Å². The fraction of sp³-hybridized carbons (Fsp3) is 0.600. The van der Waals surface area contributed by atoms with Crippen LogP contribution in [0.2, 0.25) is 0 Å². The van der Waals surface area contributed by atoms with Crippen LogP contribution in [0, 0.1) is 0 Å². The molecule has 2 aromatic rings. The number of hydrogen-bond acceptors (Lipinski definition) is 2. The highest BCUT2D eigenvalue weighted by atomic mass is 16.3. The molecule has 2 heteroatoms. The summed E-state index contributed by atoms with van der Waals surface area (Å²) in [6.07, 6.45) is 21.1. The molecular weight excluding hydrogens is 392 g/mol. The third-order valence-corrected chi connectivity index (χ3v) is 6.73. The number of phenols is 2. The zero-order valence-corrected chi connectivity index (χ0v) is 20.4. The third kappa shape index (κ3) is 11.6. The van der Waals surface area contributed by atoms with E-state index in [0.29, 0.717) is 17.4 Å². The van der Waals surface area contributed by atoms with Crippen LogP contribution in [-0.4, -0.2) is 10.2 Å². The molecule has 0 saturated carbocycles. The van der Waals surface area contributed by atoms with Crippen molar-refractivity contribution in [3.8, 4) is 11.5 Å². The number of aryl methyl sites for hydroxylation is 1. The van der Waals surface area contributed by atoms with E-state index in [0.717, 1.165) is 6.42 Å². The number of phenolic OH excluding ortho intramolecular Hbond substituents is 2. The molecule has 0 spiro atoms. The molecule has 178 valence electrons. The second kappa shape index (κ2) is 16.6. The quantitative estimate of drug-likeness (QED) is 0.228. The van der Waals surface area contributed by atoms with Crippen LogP contribution in [0.25, 0.3) is 0 Å². The topological polar surface area (TPSA) is 40.5 Å². The van der Waals surface area contributed by atoms with E-state index in [1.807, 2.05) is 24.3 Å². The second-order valence-electron chi connectivity index (χ2n) is 9.52. The molecule has 0 fully saturated rings. The third-order valence-electron chi connectivity index (χ3n) is 6.73. The molecule has 1 unspecified atom stereocenters. The summed E-state index contributed by atoms with van der Waals surface area (Å²) in [6, 6.07) is 15.6. The highest BCUT2D eigenvalue weighted by Gasteiger charge is 2.11. The molecule has 32 heavy (non-hydrogen) atoms. The Labute approximate surface area is 197 Å². The average molecular weight is 439 g/mol. The van der Waals surface area contributed by atoms with Crippen LogP contribution >= 0.6 is 0 Å². The highest BCUT2D eigenvalue weighted by Crippen LogP contribution is 2.29. The second-order valence-corrected chi connectivity index (χ2v) is 9.52. The Kier molecular flexibility index (Phi) is 13.7. The van der Waals surface area contributed by atoms with Gasteiger partial charge in [0.2, 0.25) is 0 Å². The van der Waals surface area contributed by atoms with E-state index in [4.69, 9.17) is 0 Å². The molecule has 2 aromatic carbocycles. The van der Waals surface area contributed by atoms with Gasteiger partial charge in [0.05, 0.1) is 0 Å². The van der Waals surface area contributed by atoms with E-state index in [1.165, 1.54) is 107 Å². The lowest BCUT2D eigenvalue weighted by Gasteiger charge is -2.17. The first-order valence-corrected chi connectivity index (χ1v) is 13.3. The van der Waals surface area contributed by atoms with E-state index in [9.17, 15) is 10.2 Å². The Morgan fingerprint density at radius 2 is 0.969 bits per heavy atom. The molecule has 0 aliphatic heterocycles. The van der Waals surface area contributed by atoms with Gasteiger partial charge in [-0.2, -0.15) is 0 Å². The van der Waals surface area contributed by atoms with Gasteiger partial charge in [-0.3, -0.25) is 0 Å². The van der Waals surface area contributed by atoms with Crippen molar-refractivity contribution in [1.29, 1.82) is 0 Å². The standard InChI is InChI=1S/C30H46O2/c1-2-3-4-13-16-27(28-20-24-30(32)25-21-28)17-14-11-9-7-5-6-8-10-12-15-26-18-22-29(31)23-19-26/h18-25,27,31-32H,2-17H2,1H3. The molecule has 0 radical (unpaired) electrons. The van der Waals surface area contributed by atoms with E-state index >= 15 is 0 Å². The predicted molar refractivity (Wildman–Crippen MR) is 138 cm³/mol. The highest BCUT2D eigenvalue weighted by molar-refractivity contribution is 5.28. The molecule has 0 aliphatic rings. The molecule has 1 atom stereocenters. The summed E-state index contributed by atoms with van der Waals surface area (Å²) < 4.78 is 0. The van der Waals surface area contributed by atoms with Crippen molar-refractivity contribution >= 4 is 0 Å². The van der Waals surface area contributed by atoms with Crippen LogP contribution in [0.1, 0.15) is 120 Å². The maximum absolute atomic E-state index is 9.60. The van der Waals surface area contributed by atoms with E-state index in [2.05, 4.69) is 19.1 Å². The van der Waals surface area contributed by atoms with Gasteiger partial charge < -0.3 is 10.2 Å². The average Bonchev–Trinajstić information content (AvgIpc) is 2.80. The molecule has 0 aromatic heterocycles. The number of unbranched alkanes of at least 4 members (excludes halogenated alkanes) is 11. The minimum atomic E-state index is 0.358. The summed E-state index contributed by atoms with van der Waals surface area (Å²) >= 11 is 0. The van der Waals surface area contributed by atoms with Crippen molar-refractivity contribution < 1.29 is 10.2 Å². The molecular formula is C30H46O2. The number of benzene rings is 2. The molecule has 0 saturated heterocycles. The van der Waals surface area contributed by atoms with Crippen molar-refractivity contribution in [2.24, 2.45) is 0 Å². The van der Waals surface area contributed by atoms with Gasteiger partial charge in [0, 0.05) is 0 Å². The Morgan fingerprint density at radius 1 is 0.531 bits per heavy atom. The summed E-state index contributed by atoms with van der Waals surface area (Å²) in [7, 11) is 0. The zero-order valence-electron chi connectivity index (χ0n) is 20.4. The summed E-state index contributed by atoms with van der Waals surface area (Å²) in [5.74, 6) is 1.39. The van der Waals surface area contributed by atoms with E-state index < -0.39 is 0 Å². The zero-order chi connectivity index (χ0) is 22.9. The van der Waals surface area contributed by atoms with Crippen LogP contribution in [0.5, 0.6) is 11.5 Å². The lowest BCUT2D eigenvalue weighted by atomic mass is 9.88. The lowest BCUT2D eigenvalue weighted by Crippen LogP contribution is -2.00. The first-order valence-electron chi connectivity index (χ1n) is 13.3. The lowest BCUT2D eigenvalue weighted by molar-refractivity contribution is 0.471. The molecule has 0 bridgehead atoms. The SMILES string of the molecule is CCCCCCC(CCCCCCCCCCCc1ccc(O)cc1)c1ccc(O)cc1. The number of hydrogen-bond donors (Lipinski definition) is 2. The smallest absolute Gasteiger partial charge is 0.115 e. The van der Waals surface area contributed by atoms with Gasteiger partial charge in [-0.25, -0.2) is 0 Å². The molecule has 0 heterocycles.